The Morgan fingerprint density at radius 2 is 2.12 bits per heavy atom. The predicted molar refractivity (Wildman–Crippen MR) is 93.9 cm³/mol. The van der Waals surface area contributed by atoms with Crippen molar-refractivity contribution in [3.8, 4) is 5.69 Å². The average Bonchev–Trinajstić information content (AvgIpc) is 3.32. The van der Waals surface area contributed by atoms with Crippen LogP contribution in [0.5, 0.6) is 0 Å². The van der Waals surface area contributed by atoms with Crippen molar-refractivity contribution in [3.05, 3.63) is 66.2 Å². The van der Waals surface area contributed by atoms with Crippen LogP contribution in [0, 0.1) is 5.92 Å². The summed E-state index contributed by atoms with van der Waals surface area (Å²) in [6.45, 7) is 1.10. The molecule has 0 amide bonds. The minimum absolute atomic E-state index is 0.433. The summed E-state index contributed by atoms with van der Waals surface area (Å²) in [5, 5.41) is 18.3. The van der Waals surface area contributed by atoms with E-state index in [-0.39, 0.29) is 0 Å². The van der Waals surface area contributed by atoms with E-state index >= 15 is 0 Å². The number of carboxylic acid groups (broad SMARTS) is 1. The second-order valence-corrected chi connectivity index (χ2v) is 6.44. The van der Waals surface area contributed by atoms with Crippen molar-refractivity contribution in [2.24, 2.45) is 5.92 Å². The molecule has 1 fully saturated rings. The number of nitrogens with zero attached hydrogens (tertiary/aromatic N) is 4. The van der Waals surface area contributed by atoms with Crippen LogP contribution in [0.4, 0.5) is 0 Å². The molecule has 1 aliphatic rings. The zero-order valence-corrected chi connectivity index (χ0v) is 14.2. The molecule has 7 heteroatoms. The maximum Gasteiger partial charge on any atom is 0.309 e. The molecule has 0 bridgehead atoms. The van der Waals surface area contributed by atoms with Crippen molar-refractivity contribution in [3.63, 3.8) is 0 Å². The number of carboxylic acids is 1. The highest BCUT2D eigenvalue weighted by Crippen LogP contribution is 2.33. The molecule has 7 nitrogen and oxygen atoms in total. The monoisotopic (exact) mass is 352 g/mol. The topological polar surface area (TPSA) is 82.2 Å². The number of ether oxygens (including phenoxy) is 1. The third kappa shape index (κ3) is 3.39. The molecule has 134 valence electrons. The molecule has 0 aliphatic carbocycles. The van der Waals surface area contributed by atoms with Gasteiger partial charge in [0, 0.05) is 24.6 Å². The minimum atomic E-state index is -0.816. The molecule has 0 unspecified atom stereocenters. The van der Waals surface area contributed by atoms with Gasteiger partial charge >= 0.3 is 5.97 Å². The van der Waals surface area contributed by atoms with E-state index in [1.165, 1.54) is 0 Å². The Balaban J connectivity index is 1.49. The van der Waals surface area contributed by atoms with Gasteiger partial charge in [-0.25, -0.2) is 4.68 Å². The molecule has 2 atom stereocenters. The van der Waals surface area contributed by atoms with E-state index in [9.17, 15) is 9.90 Å². The highest BCUT2D eigenvalue weighted by atomic mass is 16.5. The van der Waals surface area contributed by atoms with Gasteiger partial charge < -0.3 is 9.84 Å². The molecule has 3 heterocycles. The minimum Gasteiger partial charge on any atom is -0.481 e. The van der Waals surface area contributed by atoms with Crippen molar-refractivity contribution in [2.45, 2.75) is 25.5 Å². The van der Waals surface area contributed by atoms with Gasteiger partial charge in [0.15, 0.2) is 0 Å². The van der Waals surface area contributed by atoms with Crippen LogP contribution >= 0.6 is 0 Å². The predicted octanol–water partition coefficient (Wildman–Crippen LogP) is 2.67. The molecular formula is C19H20N4O3. The van der Waals surface area contributed by atoms with Gasteiger partial charge in [-0.2, -0.15) is 10.2 Å². The van der Waals surface area contributed by atoms with Crippen LogP contribution in [0.3, 0.4) is 0 Å². The van der Waals surface area contributed by atoms with E-state index < -0.39 is 18.0 Å². The van der Waals surface area contributed by atoms with E-state index in [0.29, 0.717) is 19.6 Å². The van der Waals surface area contributed by atoms with E-state index in [4.69, 9.17) is 4.74 Å². The van der Waals surface area contributed by atoms with Gasteiger partial charge in [0.05, 0.1) is 36.1 Å². The summed E-state index contributed by atoms with van der Waals surface area (Å²) in [5.41, 5.74) is 2.68. The number of para-hydroxylation sites is 1. The number of carbonyl (C=O) groups is 1. The Morgan fingerprint density at radius 1 is 1.27 bits per heavy atom. The van der Waals surface area contributed by atoms with E-state index in [2.05, 4.69) is 10.2 Å². The first-order chi connectivity index (χ1) is 12.7. The zero-order valence-electron chi connectivity index (χ0n) is 14.2. The average molecular weight is 352 g/mol. The van der Waals surface area contributed by atoms with Crippen LogP contribution < -0.4 is 0 Å². The third-order valence-electron chi connectivity index (χ3n) is 4.61. The maximum absolute atomic E-state index is 11.5. The van der Waals surface area contributed by atoms with Gasteiger partial charge in [0.25, 0.3) is 0 Å². The first-order valence-corrected chi connectivity index (χ1v) is 8.67. The molecule has 1 saturated heterocycles. The Bertz CT molecular complexity index is 887. The second kappa shape index (κ2) is 7.13. The number of rotatable bonds is 5. The fourth-order valence-corrected chi connectivity index (χ4v) is 3.31. The van der Waals surface area contributed by atoms with Gasteiger partial charge in [0.2, 0.25) is 0 Å². The summed E-state index contributed by atoms with van der Waals surface area (Å²) in [4.78, 5) is 11.5. The lowest BCUT2D eigenvalue weighted by atomic mass is 9.91. The van der Waals surface area contributed by atoms with Gasteiger partial charge in [0.1, 0.15) is 0 Å². The normalized spacial score (nSPS) is 20.2. The lowest BCUT2D eigenvalue weighted by Gasteiger charge is -2.28. The van der Waals surface area contributed by atoms with E-state index in [1.54, 1.807) is 10.9 Å². The fraction of sp³-hybridized carbons (Fsp3) is 0.316. The molecule has 1 N–H and O–H groups in total. The van der Waals surface area contributed by atoms with Crippen LogP contribution in [0.15, 0.2) is 55.0 Å². The molecule has 2 aromatic heterocycles. The van der Waals surface area contributed by atoms with Crippen molar-refractivity contribution in [2.75, 3.05) is 6.61 Å². The quantitative estimate of drug-likeness (QED) is 0.763. The van der Waals surface area contributed by atoms with Crippen LogP contribution in [0.25, 0.3) is 5.69 Å². The first kappa shape index (κ1) is 16.5. The summed E-state index contributed by atoms with van der Waals surface area (Å²) < 4.78 is 9.30. The molecular weight excluding hydrogens is 332 g/mol. The largest absolute Gasteiger partial charge is 0.481 e. The van der Waals surface area contributed by atoms with Crippen LogP contribution in [0.2, 0.25) is 0 Å². The lowest BCUT2D eigenvalue weighted by Crippen LogP contribution is -2.28. The first-order valence-electron chi connectivity index (χ1n) is 8.67. The van der Waals surface area contributed by atoms with E-state index in [0.717, 1.165) is 23.4 Å². The standard InChI is InChI=1S/C19H20N4O3/c24-19(25)17-7-4-10-26-18(17)14-11-20-22(12-14)13-15-8-9-23(21-15)16-5-2-1-3-6-16/h1-3,5-6,8-9,11-12,17-18H,4,7,10,13H2,(H,24,25)/t17-,18-/m1/s1. The fourth-order valence-electron chi connectivity index (χ4n) is 3.31. The second-order valence-electron chi connectivity index (χ2n) is 6.44. The van der Waals surface area contributed by atoms with Crippen molar-refractivity contribution < 1.29 is 14.6 Å². The lowest BCUT2D eigenvalue weighted by molar-refractivity contribution is -0.151. The van der Waals surface area contributed by atoms with E-state index in [1.807, 2.05) is 53.5 Å². The molecule has 1 aromatic carbocycles. The summed E-state index contributed by atoms with van der Waals surface area (Å²) in [6, 6.07) is 11.9. The summed E-state index contributed by atoms with van der Waals surface area (Å²) in [6.07, 6.45) is 6.44. The summed E-state index contributed by atoms with van der Waals surface area (Å²) in [5.74, 6) is -1.33. The van der Waals surface area contributed by atoms with Crippen LogP contribution in [-0.2, 0) is 16.1 Å². The molecule has 0 radical (unpaired) electrons. The van der Waals surface area contributed by atoms with Gasteiger partial charge in [-0.1, -0.05) is 18.2 Å². The molecule has 1 aliphatic heterocycles. The molecule has 26 heavy (non-hydrogen) atoms. The van der Waals surface area contributed by atoms with Crippen LogP contribution in [-0.4, -0.2) is 37.2 Å². The summed E-state index contributed by atoms with van der Waals surface area (Å²) in [7, 11) is 0. The SMILES string of the molecule is O=C(O)[C@@H]1CCCO[C@@H]1c1cnn(Cc2ccn(-c3ccccc3)n2)c1. The third-order valence-corrected chi connectivity index (χ3v) is 4.61. The van der Waals surface area contributed by atoms with Crippen LogP contribution in [0.1, 0.15) is 30.2 Å². The number of aromatic nitrogens is 4. The molecule has 0 spiro atoms. The van der Waals surface area contributed by atoms with Crippen molar-refractivity contribution in [1.29, 1.82) is 0 Å². The molecule has 4 rings (SSSR count). The molecule has 3 aromatic rings. The zero-order chi connectivity index (χ0) is 17.9. The Hall–Kier alpha value is -2.93. The summed E-state index contributed by atoms with van der Waals surface area (Å²) >= 11 is 0. The number of hydrogen-bond donors (Lipinski definition) is 1. The maximum atomic E-state index is 11.5. The smallest absolute Gasteiger partial charge is 0.309 e. The van der Waals surface area contributed by atoms with Gasteiger partial charge in [-0.15, -0.1) is 0 Å². The number of benzene rings is 1. The van der Waals surface area contributed by atoms with Gasteiger partial charge in [-0.3, -0.25) is 9.48 Å². The Morgan fingerprint density at radius 3 is 2.92 bits per heavy atom. The highest BCUT2D eigenvalue weighted by molar-refractivity contribution is 5.71. The number of hydrogen-bond acceptors (Lipinski definition) is 4. The van der Waals surface area contributed by atoms with Crippen molar-refractivity contribution in [1.82, 2.24) is 19.6 Å². The van der Waals surface area contributed by atoms with Crippen molar-refractivity contribution >= 4 is 5.97 Å². The number of aliphatic carboxylic acids is 1. The Kier molecular flexibility index (Phi) is 4.53. The van der Waals surface area contributed by atoms with Gasteiger partial charge in [-0.05, 0) is 31.0 Å². The highest BCUT2D eigenvalue weighted by Gasteiger charge is 2.33. The Labute approximate surface area is 150 Å². The molecule has 0 saturated carbocycles.